The highest BCUT2D eigenvalue weighted by Crippen LogP contribution is 2.43. The molecule has 0 atom stereocenters. The van der Waals surface area contributed by atoms with E-state index in [1.54, 1.807) is 16.8 Å². The zero-order chi connectivity index (χ0) is 19.5. The minimum Gasteiger partial charge on any atom is -0.348 e. The lowest BCUT2D eigenvalue weighted by Gasteiger charge is -2.16. The van der Waals surface area contributed by atoms with Crippen molar-refractivity contribution in [2.24, 2.45) is 5.92 Å². The lowest BCUT2D eigenvalue weighted by Crippen LogP contribution is -2.30. The molecule has 0 unspecified atom stereocenters. The summed E-state index contributed by atoms with van der Waals surface area (Å²) in [6, 6.07) is 1.45. The number of aromatic nitrogens is 4. The Hall–Kier alpha value is -2.90. The van der Waals surface area contributed by atoms with Gasteiger partial charge in [0, 0.05) is 50.6 Å². The highest BCUT2D eigenvalue weighted by Gasteiger charge is 2.46. The van der Waals surface area contributed by atoms with Crippen molar-refractivity contribution < 1.29 is 16.0 Å². The number of aryl methyl sites for hydroxylation is 1. The van der Waals surface area contributed by atoms with Gasteiger partial charge in [0.15, 0.2) is 11.5 Å². The first-order valence-electron chi connectivity index (χ1n) is 9.24. The maximum absolute atomic E-state index is 14.4. The predicted octanol–water partition coefficient (Wildman–Crippen LogP) is 4.51. The van der Waals surface area contributed by atoms with Crippen molar-refractivity contribution in [1.82, 2.24) is 19.4 Å². The molecule has 0 spiro atoms. The number of nitrogens with zero attached hydrogens (tertiary/aromatic N) is 4. The Bertz CT molecular complexity index is 1130. The molecule has 1 saturated carbocycles. The first kappa shape index (κ1) is 17.2. The number of nitrogens with one attached hydrogen (secondary N) is 1. The molecule has 2 aliphatic carbocycles. The molecule has 28 heavy (non-hydrogen) atoms. The second-order valence-electron chi connectivity index (χ2n) is 7.43. The van der Waals surface area contributed by atoms with Crippen molar-refractivity contribution in [3.63, 3.8) is 0 Å². The second kappa shape index (κ2) is 6.05. The van der Waals surface area contributed by atoms with Gasteiger partial charge in [-0.25, -0.2) is 28.1 Å². The molecule has 1 N–H and O–H groups in total. The summed E-state index contributed by atoms with van der Waals surface area (Å²) in [5, 5.41) is 2.66. The molecule has 0 saturated heterocycles. The van der Waals surface area contributed by atoms with Crippen LogP contribution in [0.4, 0.5) is 19.1 Å². The third-order valence-electron chi connectivity index (χ3n) is 5.37. The maximum Gasteiger partial charge on any atom is 0.267 e. The normalized spacial score (nSPS) is 16.4. The number of allylic oxidation sites excluding steroid dienone is 1. The SMILES string of the molecule is Cc1cnc2c(F)cc(C3=CCc4nc(NCC(F)(F)C5CC5)ncc43)cn12.[HH].[HH]. The lowest BCUT2D eigenvalue weighted by molar-refractivity contribution is -0.00832. The standard InChI is InChI=1S/C20H18F3N5.2H2/c1-11-7-24-18-16(21)6-12(9-28(11)18)14-4-5-17-15(14)8-25-19(27-17)26-10-20(22,23)13-2-3-13;;/h4,6-9,13H,2-3,5,10H2,1H3,(H,25,26,27);2*1H. The quantitative estimate of drug-likeness (QED) is 0.698. The van der Waals surface area contributed by atoms with Crippen LogP contribution in [0, 0.1) is 18.7 Å². The summed E-state index contributed by atoms with van der Waals surface area (Å²) < 4.78 is 43.8. The largest absolute Gasteiger partial charge is 0.348 e. The van der Waals surface area contributed by atoms with Crippen molar-refractivity contribution >= 4 is 17.2 Å². The van der Waals surface area contributed by atoms with Gasteiger partial charge in [-0.3, -0.25) is 0 Å². The number of anilines is 1. The summed E-state index contributed by atoms with van der Waals surface area (Å²) in [5.41, 5.74) is 4.18. The minimum atomic E-state index is -2.73. The topological polar surface area (TPSA) is 55.1 Å². The molecule has 0 bridgehead atoms. The molecule has 3 aromatic rings. The number of halogens is 3. The molecular formula is C20H22F3N5. The van der Waals surface area contributed by atoms with Crippen LogP contribution in [0.1, 0.15) is 38.2 Å². The van der Waals surface area contributed by atoms with Crippen LogP contribution < -0.4 is 5.32 Å². The molecule has 0 amide bonds. The number of hydrogen-bond acceptors (Lipinski definition) is 4. The Morgan fingerprint density at radius 3 is 2.89 bits per heavy atom. The molecule has 148 valence electrons. The highest BCUT2D eigenvalue weighted by atomic mass is 19.3. The van der Waals surface area contributed by atoms with E-state index in [-0.39, 0.29) is 14.4 Å². The van der Waals surface area contributed by atoms with Gasteiger partial charge in [-0.2, -0.15) is 0 Å². The van der Waals surface area contributed by atoms with Crippen LogP contribution in [-0.2, 0) is 6.42 Å². The number of alkyl halides is 2. The Kier molecular flexibility index (Phi) is 3.72. The molecule has 2 aliphatic rings. The fourth-order valence-corrected chi connectivity index (χ4v) is 3.62. The van der Waals surface area contributed by atoms with Crippen LogP contribution in [0.25, 0.3) is 11.2 Å². The molecular weight excluding hydrogens is 367 g/mol. The number of fused-ring (bicyclic) bond motifs is 2. The van der Waals surface area contributed by atoms with Crippen LogP contribution in [-0.4, -0.2) is 31.8 Å². The van der Waals surface area contributed by atoms with Gasteiger partial charge in [0.25, 0.3) is 5.92 Å². The van der Waals surface area contributed by atoms with Crippen molar-refractivity contribution in [2.75, 3.05) is 11.9 Å². The van der Waals surface area contributed by atoms with E-state index in [2.05, 4.69) is 20.3 Å². The molecule has 3 heterocycles. The van der Waals surface area contributed by atoms with Crippen molar-refractivity contribution in [1.29, 1.82) is 0 Å². The molecule has 5 nitrogen and oxygen atoms in total. The lowest BCUT2D eigenvalue weighted by atomic mass is 10.0. The molecule has 0 radical (unpaired) electrons. The molecule has 8 heteroatoms. The van der Waals surface area contributed by atoms with E-state index in [1.165, 1.54) is 6.07 Å². The van der Waals surface area contributed by atoms with Gasteiger partial charge in [0.05, 0.1) is 12.2 Å². The first-order valence-corrected chi connectivity index (χ1v) is 9.24. The summed E-state index contributed by atoms with van der Waals surface area (Å²) in [7, 11) is 0. The molecule has 0 aliphatic heterocycles. The fraction of sp³-hybridized carbons (Fsp3) is 0.350. The van der Waals surface area contributed by atoms with E-state index < -0.39 is 24.2 Å². The highest BCUT2D eigenvalue weighted by molar-refractivity contribution is 5.84. The minimum absolute atomic E-state index is 0. The van der Waals surface area contributed by atoms with Gasteiger partial charge < -0.3 is 9.72 Å². The van der Waals surface area contributed by atoms with Gasteiger partial charge >= 0.3 is 0 Å². The summed E-state index contributed by atoms with van der Waals surface area (Å²) in [4.78, 5) is 12.6. The van der Waals surface area contributed by atoms with Crippen LogP contribution in [0.3, 0.4) is 0 Å². The summed E-state index contributed by atoms with van der Waals surface area (Å²) >= 11 is 0. The van der Waals surface area contributed by atoms with Crippen molar-refractivity contribution in [3.05, 3.63) is 59.1 Å². The zero-order valence-corrected chi connectivity index (χ0v) is 15.2. The third kappa shape index (κ3) is 2.83. The first-order chi connectivity index (χ1) is 13.4. The smallest absolute Gasteiger partial charge is 0.267 e. The summed E-state index contributed by atoms with van der Waals surface area (Å²) in [5.74, 6) is -3.47. The van der Waals surface area contributed by atoms with Crippen LogP contribution >= 0.6 is 0 Å². The number of rotatable bonds is 5. The average molecular weight is 389 g/mol. The molecule has 3 aromatic heterocycles. The zero-order valence-electron chi connectivity index (χ0n) is 15.2. The Labute approximate surface area is 162 Å². The number of imidazole rings is 1. The third-order valence-corrected chi connectivity index (χ3v) is 5.37. The summed E-state index contributed by atoms with van der Waals surface area (Å²) in [6.07, 6.45) is 8.72. The van der Waals surface area contributed by atoms with Crippen LogP contribution in [0.2, 0.25) is 0 Å². The number of pyridine rings is 1. The number of hydrogen-bond donors (Lipinski definition) is 1. The second-order valence-corrected chi connectivity index (χ2v) is 7.43. The fourth-order valence-electron chi connectivity index (χ4n) is 3.62. The van der Waals surface area contributed by atoms with E-state index in [0.29, 0.717) is 24.8 Å². The van der Waals surface area contributed by atoms with E-state index in [1.807, 2.05) is 19.2 Å². The summed E-state index contributed by atoms with van der Waals surface area (Å²) in [6.45, 7) is 1.40. The Morgan fingerprint density at radius 2 is 2.11 bits per heavy atom. The van der Waals surface area contributed by atoms with E-state index >= 15 is 0 Å². The van der Waals surface area contributed by atoms with Crippen LogP contribution in [0.15, 0.2) is 30.7 Å². The Balaban J connectivity index is 0.00000128. The van der Waals surface area contributed by atoms with E-state index in [4.69, 9.17) is 0 Å². The Morgan fingerprint density at radius 1 is 1.29 bits per heavy atom. The van der Waals surface area contributed by atoms with Crippen molar-refractivity contribution in [3.8, 4) is 0 Å². The average Bonchev–Trinajstić information content (AvgIpc) is 3.36. The van der Waals surface area contributed by atoms with Gasteiger partial charge in [-0.1, -0.05) is 6.08 Å². The van der Waals surface area contributed by atoms with Crippen LogP contribution in [0.5, 0.6) is 0 Å². The molecule has 0 aromatic carbocycles. The van der Waals surface area contributed by atoms with Gasteiger partial charge in [0.1, 0.15) is 0 Å². The van der Waals surface area contributed by atoms with Crippen molar-refractivity contribution in [2.45, 2.75) is 32.1 Å². The van der Waals surface area contributed by atoms with Gasteiger partial charge in [0.2, 0.25) is 5.95 Å². The van der Waals surface area contributed by atoms with Gasteiger partial charge in [-0.05, 0) is 31.4 Å². The van der Waals surface area contributed by atoms with E-state index in [0.717, 1.165) is 22.5 Å². The predicted molar refractivity (Wildman–Crippen MR) is 103 cm³/mol. The molecule has 1 fully saturated rings. The van der Waals surface area contributed by atoms with Gasteiger partial charge in [-0.15, -0.1) is 0 Å². The monoisotopic (exact) mass is 389 g/mol. The molecule has 5 rings (SSSR count). The maximum atomic E-state index is 14.4. The van der Waals surface area contributed by atoms with E-state index in [9.17, 15) is 13.2 Å².